The molecule has 0 bridgehead atoms. The molecule has 2 rings (SSSR count). The number of carbonyl (C=O) groups is 1. The molecule has 4 heteroatoms. The molecule has 0 aromatic heterocycles. The number of unbranched alkanes of at least 4 members (excludes halogenated alkanes) is 3. The van der Waals surface area contributed by atoms with E-state index in [0.29, 0.717) is 12.5 Å². The molecular formula is C17H32BrNO2. The standard InChI is InChI=1S/C17H32NO2.BrH/c1-3-4-5-6-12-17(19)20-16-11-9-14-18(2)13-8-7-10-15(16)18;/h15-16H,3-14H2,1-2H3;1H/q+1;/p-1/t15-,16-,18?;/m1./s1. The minimum atomic E-state index is 0. The lowest BCUT2D eigenvalue weighted by Crippen LogP contribution is -3.00. The van der Waals surface area contributed by atoms with Gasteiger partial charge in [0.2, 0.25) is 0 Å². The molecular weight excluding hydrogens is 330 g/mol. The predicted molar refractivity (Wildman–Crippen MR) is 81.4 cm³/mol. The molecule has 0 aromatic carbocycles. The highest BCUT2D eigenvalue weighted by Crippen LogP contribution is 2.34. The average Bonchev–Trinajstić information content (AvgIpc) is 2.43. The Morgan fingerprint density at radius 2 is 1.86 bits per heavy atom. The first-order chi connectivity index (χ1) is 9.65. The third kappa shape index (κ3) is 5.24. The van der Waals surface area contributed by atoms with Crippen LogP contribution in [0.15, 0.2) is 0 Å². The monoisotopic (exact) mass is 361 g/mol. The number of hydrogen-bond donors (Lipinski definition) is 0. The fourth-order valence-electron chi connectivity index (χ4n) is 4.08. The molecule has 124 valence electrons. The molecule has 21 heavy (non-hydrogen) atoms. The molecule has 3 atom stereocenters. The van der Waals surface area contributed by atoms with Gasteiger partial charge in [-0.25, -0.2) is 0 Å². The maximum absolute atomic E-state index is 12.0. The number of halogens is 1. The molecule has 2 heterocycles. The third-order valence-electron chi connectivity index (χ3n) is 5.32. The maximum Gasteiger partial charge on any atom is 0.306 e. The number of hydrogen-bond acceptors (Lipinski definition) is 2. The van der Waals surface area contributed by atoms with Gasteiger partial charge in [0.05, 0.1) is 20.1 Å². The average molecular weight is 362 g/mol. The van der Waals surface area contributed by atoms with Gasteiger partial charge >= 0.3 is 5.97 Å². The Hall–Kier alpha value is -0.0900. The summed E-state index contributed by atoms with van der Waals surface area (Å²) in [6, 6.07) is 0.567. The quantitative estimate of drug-likeness (QED) is 0.394. The van der Waals surface area contributed by atoms with Crippen LogP contribution in [0.1, 0.15) is 71.1 Å². The fourth-order valence-corrected chi connectivity index (χ4v) is 4.08. The van der Waals surface area contributed by atoms with E-state index in [1.165, 1.54) is 51.6 Å². The molecule has 2 saturated heterocycles. The van der Waals surface area contributed by atoms with E-state index in [2.05, 4.69) is 14.0 Å². The van der Waals surface area contributed by atoms with Crippen LogP contribution in [-0.2, 0) is 9.53 Å². The minimum Gasteiger partial charge on any atom is -1.00 e. The van der Waals surface area contributed by atoms with Gasteiger partial charge in [0.25, 0.3) is 0 Å². The van der Waals surface area contributed by atoms with Crippen LogP contribution in [0, 0.1) is 0 Å². The van der Waals surface area contributed by atoms with Gasteiger partial charge in [-0.1, -0.05) is 26.2 Å². The van der Waals surface area contributed by atoms with E-state index in [-0.39, 0.29) is 29.1 Å². The third-order valence-corrected chi connectivity index (χ3v) is 5.32. The summed E-state index contributed by atoms with van der Waals surface area (Å²) in [4.78, 5) is 12.0. The second kappa shape index (κ2) is 9.14. The Balaban J connectivity index is 0.00000220. The molecule has 0 aromatic rings. The lowest BCUT2D eigenvalue weighted by atomic mass is 9.88. The highest BCUT2D eigenvalue weighted by molar-refractivity contribution is 5.69. The molecule has 0 amide bonds. The van der Waals surface area contributed by atoms with Crippen LogP contribution in [0.4, 0.5) is 0 Å². The van der Waals surface area contributed by atoms with Gasteiger partial charge in [0.15, 0.2) is 6.10 Å². The van der Waals surface area contributed by atoms with Crippen molar-refractivity contribution in [2.45, 2.75) is 83.3 Å². The van der Waals surface area contributed by atoms with Crippen molar-refractivity contribution in [3.63, 3.8) is 0 Å². The highest BCUT2D eigenvalue weighted by Gasteiger charge is 2.45. The number of carbonyl (C=O) groups excluding carboxylic acids is 1. The lowest BCUT2D eigenvalue weighted by molar-refractivity contribution is -0.946. The molecule has 0 N–H and O–H groups in total. The van der Waals surface area contributed by atoms with Crippen LogP contribution in [0.5, 0.6) is 0 Å². The molecule has 0 saturated carbocycles. The summed E-state index contributed by atoms with van der Waals surface area (Å²) in [6.45, 7) is 4.74. The van der Waals surface area contributed by atoms with Crippen molar-refractivity contribution in [3.8, 4) is 0 Å². The number of esters is 1. The van der Waals surface area contributed by atoms with Crippen LogP contribution in [0.2, 0.25) is 0 Å². The summed E-state index contributed by atoms with van der Waals surface area (Å²) in [5, 5.41) is 0. The molecule has 1 unspecified atom stereocenters. The van der Waals surface area contributed by atoms with Crippen LogP contribution >= 0.6 is 0 Å². The van der Waals surface area contributed by atoms with Crippen LogP contribution in [0.25, 0.3) is 0 Å². The Kier molecular flexibility index (Phi) is 8.25. The molecule has 3 nitrogen and oxygen atoms in total. The van der Waals surface area contributed by atoms with E-state index in [0.717, 1.165) is 23.7 Å². The molecule has 2 aliphatic rings. The Morgan fingerprint density at radius 1 is 1.10 bits per heavy atom. The zero-order chi connectivity index (χ0) is 14.4. The highest BCUT2D eigenvalue weighted by atomic mass is 79.9. The topological polar surface area (TPSA) is 26.3 Å². The smallest absolute Gasteiger partial charge is 0.306 e. The van der Waals surface area contributed by atoms with E-state index in [4.69, 9.17) is 4.74 Å². The first-order valence-corrected chi connectivity index (χ1v) is 8.69. The van der Waals surface area contributed by atoms with Crippen LogP contribution in [-0.4, -0.2) is 42.7 Å². The number of rotatable bonds is 6. The van der Waals surface area contributed by atoms with Crippen molar-refractivity contribution < 1.29 is 31.0 Å². The fraction of sp³-hybridized carbons (Fsp3) is 0.941. The Morgan fingerprint density at radius 3 is 2.62 bits per heavy atom. The molecule has 2 aliphatic heterocycles. The van der Waals surface area contributed by atoms with Crippen LogP contribution < -0.4 is 17.0 Å². The number of likely N-dealkylation sites (N-methyl/N-ethyl adjacent to an activating group) is 1. The first-order valence-electron chi connectivity index (χ1n) is 8.69. The predicted octanol–water partition coefficient (Wildman–Crippen LogP) is 0.666. The number of ether oxygens (including phenoxy) is 1. The van der Waals surface area contributed by atoms with E-state index < -0.39 is 0 Å². The van der Waals surface area contributed by atoms with Gasteiger partial charge in [-0.3, -0.25) is 4.79 Å². The molecule has 0 spiro atoms. The van der Waals surface area contributed by atoms with E-state index in [1.807, 2.05) is 0 Å². The number of quaternary nitrogens is 1. The van der Waals surface area contributed by atoms with Crippen molar-refractivity contribution in [1.29, 1.82) is 0 Å². The Labute approximate surface area is 140 Å². The molecule has 0 radical (unpaired) electrons. The zero-order valence-electron chi connectivity index (χ0n) is 13.8. The Bertz CT molecular complexity index is 320. The van der Waals surface area contributed by atoms with Crippen molar-refractivity contribution in [2.24, 2.45) is 0 Å². The molecule has 0 aliphatic carbocycles. The number of nitrogens with zero attached hydrogens (tertiary/aromatic N) is 1. The van der Waals surface area contributed by atoms with Gasteiger partial charge < -0.3 is 26.2 Å². The van der Waals surface area contributed by atoms with E-state index in [1.54, 1.807) is 0 Å². The van der Waals surface area contributed by atoms with Crippen LogP contribution in [0.3, 0.4) is 0 Å². The SMILES string of the molecule is CCCCCCC(=O)O[C@@H]1CCC[N+]2(C)CCCC[C@H]12.[Br-]. The lowest BCUT2D eigenvalue weighted by Gasteiger charge is -2.50. The van der Waals surface area contributed by atoms with Gasteiger partial charge in [-0.2, -0.15) is 0 Å². The minimum absolute atomic E-state index is 0. The summed E-state index contributed by atoms with van der Waals surface area (Å²) in [5.41, 5.74) is 0. The summed E-state index contributed by atoms with van der Waals surface area (Å²) in [6.07, 6.45) is 11.6. The summed E-state index contributed by atoms with van der Waals surface area (Å²) < 4.78 is 7.00. The first kappa shape index (κ1) is 19.0. The van der Waals surface area contributed by atoms with Gasteiger partial charge in [0.1, 0.15) is 6.04 Å². The van der Waals surface area contributed by atoms with Crippen molar-refractivity contribution in [1.82, 2.24) is 0 Å². The number of fused-ring (bicyclic) bond motifs is 1. The number of piperidine rings is 2. The summed E-state index contributed by atoms with van der Waals surface area (Å²) >= 11 is 0. The summed E-state index contributed by atoms with van der Waals surface area (Å²) in [5.74, 6) is 0.0464. The second-order valence-electron chi connectivity index (χ2n) is 6.97. The van der Waals surface area contributed by atoms with Gasteiger partial charge in [0, 0.05) is 19.3 Å². The second-order valence-corrected chi connectivity index (χ2v) is 6.97. The van der Waals surface area contributed by atoms with Gasteiger partial charge in [-0.05, 0) is 25.7 Å². The van der Waals surface area contributed by atoms with Crippen molar-refractivity contribution >= 4 is 5.97 Å². The van der Waals surface area contributed by atoms with Gasteiger partial charge in [-0.15, -0.1) is 0 Å². The van der Waals surface area contributed by atoms with E-state index >= 15 is 0 Å². The summed E-state index contributed by atoms with van der Waals surface area (Å²) in [7, 11) is 2.37. The van der Waals surface area contributed by atoms with Crippen molar-refractivity contribution in [2.75, 3.05) is 20.1 Å². The normalized spacial score (nSPS) is 31.9. The zero-order valence-corrected chi connectivity index (χ0v) is 15.4. The molecule has 2 fully saturated rings. The van der Waals surface area contributed by atoms with E-state index in [9.17, 15) is 4.79 Å². The maximum atomic E-state index is 12.0. The van der Waals surface area contributed by atoms with Crippen molar-refractivity contribution in [3.05, 3.63) is 0 Å². The largest absolute Gasteiger partial charge is 1.00 e.